The predicted octanol–water partition coefficient (Wildman–Crippen LogP) is 1.62. The van der Waals surface area contributed by atoms with Crippen LogP contribution in [0.5, 0.6) is 0 Å². The van der Waals surface area contributed by atoms with E-state index in [1.165, 1.54) is 0 Å². The molecule has 136 valence electrons. The molecule has 2 aliphatic heterocycles. The van der Waals surface area contributed by atoms with Gasteiger partial charge in [0.05, 0.1) is 25.3 Å². The molecule has 1 spiro atoms. The van der Waals surface area contributed by atoms with E-state index in [0.29, 0.717) is 26.0 Å². The molecule has 1 fully saturated rings. The number of nitrogens with zero attached hydrogens (tertiary/aromatic N) is 3. The maximum atomic E-state index is 13.1. The molecular formula is C19H22N4O3. The molecule has 1 aromatic heterocycles. The Hall–Kier alpha value is -2.67. The quantitative estimate of drug-likeness (QED) is 0.905. The van der Waals surface area contributed by atoms with Gasteiger partial charge in [-0.05, 0) is 18.1 Å². The zero-order chi connectivity index (χ0) is 18.3. The maximum absolute atomic E-state index is 13.1. The number of para-hydroxylation sites is 1. The number of aromatic nitrogens is 2. The first-order valence-electron chi connectivity index (χ1n) is 8.76. The van der Waals surface area contributed by atoms with E-state index in [4.69, 9.17) is 4.74 Å². The second-order valence-corrected chi connectivity index (χ2v) is 6.90. The highest BCUT2D eigenvalue weighted by Crippen LogP contribution is 2.54. The monoisotopic (exact) mass is 354 g/mol. The number of rotatable bonds is 4. The van der Waals surface area contributed by atoms with Crippen molar-refractivity contribution in [2.45, 2.75) is 24.3 Å². The number of fused-ring (bicyclic) bond motifs is 2. The van der Waals surface area contributed by atoms with Crippen LogP contribution in [-0.4, -0.2) is 46.8 Å². The first-order chi connectivity index (χ1) is 12.6. The largest absolute Gasteiger partial charge is 0.384 e. The van der Waals surface area contributed by atoms with Crippen molar-refractivity contribution in [3.05, 3.63) is 47.8 Å². The van der Waals surface area contributed by atoms with Gasteiger partial charge in [0.15, 0.2) is 0 Å². The average Bonchev–Trinajstić information content (AvgIpc) is 3.31. The summed E-state index contributed by atoms with van der Waals surface area (Å²) in [7, 11) is 3.42. The van der Waals surface area contributed by atoms with Crippen LogP contribution < -0.4 is 5.32 Å². The van der Waals surface area contributed by atoms with Crippen LogP contribution in [0.3, 0.4) is 0 Å². The van der Waals surface area contributed by atoms with Crippen LogP contribution in [0.1, 0.15) is 30.0 Å². The van der Waals surface area contributed by atoms with Crippen LogP contribution in [0.25, 0.3) is 0 Å². The third-order valence-corrected chi connectivity index (χ3v) is 5.47. The number of anilines is 1. The van der Waals surface area contributed by atoms with Gasteiger partial charge in [0.2, 0.25) is 11.8 Å². The fourth-order valence-corrected chi connectivity index (χ4v) is 4.33. The smallest absolute Gasteiger partial charge is 0.237 e. The summed E-state index contributed by atoms with van der Waals surface area (Å²) < 4.78 is 6.77. The van der Waals surface area contributed by atoms with Crippen LogP contribution in [-0.2, 0) is 26.8 Å². The molecule has 1 saturated heterocycles. The Bertz CT molecular complexity index is 862. The molecule has 2 aromatic rings. The van der Waals surface area contributed by atoms with Crippen LogP contribution >= 0.6 is 0 Å². The second-order valence-electron chi connectivity index (χ2n) is 6.90. The zero-order valence-electron chi connectivity index (χ0n) is 14.9. The lowest BCUT2D eigenvalue weighted by atomic mass is 9.73. The van der Waals surface area contributed by atoms with E-state index in [9.17, 15) is 9.59 Å². The fraction of sp³-hybridized carbons (Fsp3) is 0.421. The molecule has 7 nitrogen and oxygen atoms in total. The Morgan fingerprint density at radius 3 is 2.96 bits per heavy atom. The molecule has 26 heavy (non-hydrogen) atoms. The summed E-state index contributed by atoms with van der Waals surface area (Å²) in [6.07, 6.45) is 4.53. The number of amides is 2. The van der Waals surface area contributed by atoms with Gasteiger partial charge in [-0.1, -0.05) is 18.2 Å². The third-order valence-electron chi connectivity index (χ3n) is 5.47. The van der Waals surface area contributed by atoms with Gasteiger partial charge in [-0.3, -0.25) is 14.3 Å². The van der Waals surface area contributed by atoms with E-state index in [1.807, 2.05) is 42.4 Å². The van der Waals surface area contributed by atoms with Gasteiger partial charge in [-0.15, -0.1) is 0 Å². The Labute approximate surface area is 151 Å². The van der Waals surface area contributed by atoms with E-state index in [2.05, 4.69) is 10.4 Å². The highest BCUT2D eigenvalue weighted by atomic mass is 16.5. The first kappa shape index (κ1) is 16.8. The predicted molar refractivity (Wildman–Crippen MR) is 95.5 cm³/mol. The Morgan fingerprint density at radius 2 is 2.23 bits per heavy atom. The normalized spacial score (nSPS) is 24.2. The molecule has 4 rings (SSSR count). The molecule has 0 bridgehead atoms. The van der Waals surface area contributed by atoms with Gasteiger partial charge < -0.3 is 15.0 Å². The van der Waals surface area contributed by atoms with Crippen molar-refractivity contribution in [2.24, 2.45) is 7.05 Å². The van der Waals surface area contributed by atoms with Crippen molar-refractivity contribution in [3.63, 3.8) is 0 Å². The van der Waals surface area contributed by atoms with Gasteiger partial charge in [0.1, 0.15) is 5.41 Å². The Morgan fingerprint density at radius 1 is 1.42 bits per heavy atom. The molecular weight excluding hydrogens is 332 g/mol. The number of benzene rings is 1. The summed E-state index contributed by atoms with van der Waals surface area (Å²) in [4.78, 5) is 27.8. The van der Waals surface area contributed by atoms with Crippen molar-refractivity contribution < 1.29 is 14.3 Å². The Balaban J connectivity index is 1.82. The van der Waals surface area contributed by atoms with Gasteiger partial charge in [0.25, 0.3) is 0 Å². The van der Waals surface area contributed by atoms with Crippen LogP contribution in [0.15, 0.2) is 36.7 Å². The number of hydrogen-bond acceptors (Lipinski definition) is 4. The molecule has 2 aliphatic rings. The molecule has 1 N–H and O–H groups in total. The lowest BCUT2D eigenvalue weighted by molar-refractivity contribution is -0.134. The third kappa shape index (κ3) is 2.34. The number of ether oxygens (including phenoxy) is 1. The number of carbonyl (C=O) groups is 2. The molecule has 3 heterocycles. The molecule has 0 radical (unpaired) electrons. The van der Waals surface area contributed by atoms with Crippen molar-refractivity contribution >= 4 is 17.5 Å². The molecule has 0 unspecified atom stereocenters. The van der Waals surface area contributed by atoms with Gasteiger partial charge in [-0.2, -0.15) is 5.10 Å². The molecule has 7 heteroatoms. The van der Waals surface area contributed by atoms with Crippen molar-refractivity contribution in [2.75, 3.05) is 25.6 Å². The van der Waals surface area contributed by atoms with E-state index in [-0.39, 0.29) is 17.9 Å². The number of nitrogens with one attached hydrogen (secondary N) is 1. The van der Waals surface area contributed by atoms with E-state index < -0.39 is 5.41 Å². The maximum Gasteiger partial charge on any atom is 0.237 e. The average molecular weight is 354 g/mol. The summed E-state index contributed by atoms with van der Waals surface area (Å²) in [5, 5.41) is 7.29. The van der Waals surface area contributed by atoms with Crippen LogP contribution in [0.4, 0.5) is 5.69 Å². The lowest BCUT2D eigenvalue weighted by Gasteiger charge is -2.33. The van der Waals surface area contributed by atoms with Crippen LogP contribution in [0.2, 0.25) is 0 Å². The summed E-state index contributed by atoms with van der Waals surface area (Å²) >= 11 is 0. The van der Waals surface area contributed by atoms with Crippen LogP contribution in [0, 0.1) is 0 Å². The molecule has 1 aromatic carbocycles. The Kier molecular flexibility index (Phi) is 4.03. The van der Waals surface area contributed by atoms with Crippen molar-refractivity contribution in [3.8, 4) is 0 Å². The first-order valence-corrected chi connectivity index (χ1v) is 8.76. The number of methoxy groups -OCH3 is 1. The summed E-state index contributed by atoms with van der Waals surface area (Å²) in [5.74, 6) is -0.0515. The van der Waals surface area contributed by atoms with E-state index in [0.717, 1.165) is 16.8 Å². The van der Waals surface area contributed by atoms with Gasteiger partial charge in [-0.25, -0.2) is 0 Å². The zero-order valence-corrected chi connectivity index (χ0v) is 14.9. The molecule has 2 amide bonds. The van der Waals surface area contributed by atoms with Crippen molar-refractivity contribution in [1.82, 2.24) is 14.7 Å². The number of hydrogen-bond donors (Lipinski definition) is 1. The van der Waals surface area contributed by atoms with E-state index >= 15 is 0 Å². The number of likely N-dealkylation sites (tertiary alicyclic amines) is 1. The summed E-state index contributed by atoms with van der Waals surface area (Å²) in [6, 6.07) is 7.38. The summed E-state index contributed by atoms with van der Waals surface area (Å²) in [5.41, 5.74) is 1.89. The number of aryl methyl sites for hydroxylation is 1. The minimum Gasteiger partial charge on any atom is -0.384 e. The SMILES string of the molecule is COCCC(=O)N1CC[C@]2(C(=O)Nc3ccccc32)[C@@H]1c1cnn(C)c1. The molecule has 0 aliphatic carbocycles. The van der Waals surface area contributed by atoms with Gasteiger partial charge >= 0.3 is 0 Å². The molecule has 2 atom stereocenters. The highest BCUT2D eigenvalue weighted by Gasteiger charge is 2.59. The minimum atomic E-state index is -0.775. The van der Waals surface area contributed by atoms with Crippen molar-refractivity contribution in [1.29, 1.82) is 0 Å². The fourth-order valence-electron chi connectivity index (χ4n) is 4.33. The topological polar surface area (TPSA) is 76.5 Å². The minimum absolute atomic E-state index is 0.00485. The number of carbonyl (C=O) groups excluding carboxylic acids is 2. The van der Waals surface area contributed by atoms with E-state index in [1.54, 1.807) is 18.0 Å². The van der Waals surface area contributed by atoms with Gasteiger partial charge in [0, 0.05) is 38.1 Å². The second kappa shape index (κ2) is 6.25. The molecule has 0 saturated carbocycles. The lowest BCUT2D eigenvalue weighted by Crippen LogP contribution is -2.42. The summed E-state index contributed by atoms with van der Waals surface area (Å²) in [6.45, 7) is 0.898. The highest BCUT2D eigenvalue weighted by molar-refractivity contribution is 6.07. The standard InChI is InChI=1S/C19H22N4O3/c1-22-12-13(11-20-22)17-19(8-9-23(17)16(24)7-10-26-2)14-5-3-4-6-15(14)21-18(19)25/h3-6,11-12,17H,7-10H2,1-2H3,(H,21,25)/t17-,19+/m0/s1.